The van der Waals surface area contributed by atoms with Gasteiger partial charge in [0, 0.05) is 56.2 Å². The van der Waals surface area contributed by atoms with Gasteiger partial charge in [0.15, 0.2) is 0 Å². The molecular formula is C21H27N3O2. The lowest BCUT2D eigenvalue weighted by atomic mass is 10.1. The standard InChI is InChI=1S/C21H27N3O2/c1-2-3-7-20(25)23-14-6-15-24(17-16-23)21(26)18-8-10-19(11-9-18)22-12-4-5-13-22/h4-5,8-13H,2-3,6-7,14-17H2,1H3. The zero-order valence-corrected chi connectivity index (χ0v) is 15.4. The van der Waals surface area contributed by atoms with Gasteiger partial charge in [0.25, 0.3) is 5.91 Å². The fraction of sp³-hybridized carbons (Fsp3) is 0.429. The minimum Gasteiger partial charge on any atom is -0.341 e. The summed E-state index contributed by atoms with van der Waals surface area (Å²) in [6.07, 6.45) is 7.39. The van der Waals surface area contributed by atoms with E-state index in [4.69, 9.17) is 0 Å². The first-order chi connectivity index (χ1) is 12.7. The maximum Gasteiger partial charge on any atom is 0.253 e. The molecule has 5 heteroatoms. The lowest BCUT2D eigenvalue weighted by Crippen LogP contribution is -2.37. The third-order valence-corrected chi connectivity index (χ3v) is 4.90. The first kappa shape index (κ1) is 18.2. The van der Waals surface area contributed by atoms with Crippen LogP contribution in [0.3, 0.4) is 0 Å². The van der Waals surface area contributed by atoms with Crippen LogP contribution in [0, 0.1) is 0 Å². The minimum absolute atomic E-state index is 0.0481. The average Bonchev–Trinajstić information content (AvgIpc) is 3.10. The first-order valence-corrected chi connectivity index (χ1v) is 9.49. The highest BCUT2D eigenvalue weighted by Gasteiger charge is 2.22. The van der Waals surface area contributed by atoms with Crippen molar-refractivity contribution in [3.63, 3.8) is 0 Å². The Labute approximate surface area is 155 Å². The van der Waals surface area contributed by atoms with E-state index in [0.29, 0.717) is 31.6 Å². The SMILES string of the molecule is CCCCC(=O)N1CCCN(C(=O)c2ccc(-n3cccc3)cc2)CC1. The van der Waals surface area contributed by atoms with E-state index >= 15 is 0 Å². The Morgan fingerprint density at radius 1 is 0.923 bits per heavy atom. The van der Waals surface area contributed by atoms with Crippen molar-refractivity contribution in [3.05, 3.63) is 54.4 Å². The third-order valence-electron chi connectivity index (χ3n) is 4.90. The molecule has 0 radical (unpaired) electrons. The highest BCUT2D eigenvalue weighted by atomic mass is 16.2. The van der Waals surface area contributed by atoms with Gasteiger partial charge >= 0.3 is 0 Å². The van der Waals surface area contributed by atoms with Gasteiger partial charge in [0.2, 0.25) is 5.91 Å². The number of hydrogen-bond acceptors (Lipinski definition) is 2. The lowest BCUT2D eigenvalue weighted by molar-refractivity contribution is -0.131. The summed E-state index contributed by atoms with van der Waals surface area (Å²) in [6, 6.07) is 11.6. The van der Waals surface area contributed by atoms with Crippen molar-refractivity contribution >= 4 is 11.8 Å². The molecule has 5 nitrogen and oxygen atoms in total. The summed E-state index contributed by atoms with van der Waals surface area (Å²) in [5.41, 5.74) is 1.74. The molecule has 1 aromatic heterocycles. The second-order valence-electron chi connectivity index (χ2n) is 6.77. The Morgan fingerprint density at radius 2 is 1.58 bits per heavy atom. The molecule has 0 spiro atoms. The van der Waals surface area contributed by atoms with Crippen molar-refractivity contribution in [3.8, 4) is 5.69 Å². The molecule has 0 saturated carbocycles. The van der Waals surface area contributed by atoms with Gasteiger partial charge in [-0.25, -0.2) is 0 Å². The number of hydrogen-bond donors (Lipinski definition) is 0. The highest BCUT2D eigenvalue weighted by Crippen LogP contribution is 2.14. The second-order valence-corrected chi connectivity index (χ2v) is 6.77. The van der Waals surface area contributed by atoms with E-state index in [1.54, 1.807) is 0 Å². The topological polar surface area (TPSA) is 45.6 Å². The second kappa shape index (κ2) is 8.70. The summed E-state index contributed by atoms with van der Waals surface area (Å²) in [4.78, 5) is 28.8. The van der Waals surface area contributed by atoms with Crippen LogP contribution < -0.4 is 0 Å². The van der Waals surface area contributed by atoms with Crippen LogP contribution in [0.5, 0.6) is 0 Å². The Hall–Kier alpha value is -2.56. The molecule has 3 rings (SSSR count). The molecule has 1 aliphatic heterocycles. The molecule has 0 atom stereocenters. The molecular weight excluding hydrogens is 326 g/mol. The quantitative estimate of drug-likeness (QED) is 0.827. The lowest BCUT2D eigenvalue weighted by Gasteiger charge is -2.22. The van der Waals surface area contributed by atoms with E-state index in [9.17, 15) is 9.59 Å². The van der Waals surface area contributed by atoms with Crippen molar-refractivity contribution in [1.29, 1.82) is 0 Å². The van der Waals surface area contributed by atoms with Crippen LogP contribution in [0.25, 0.3) is 5.69 Å². The van der Waals surface area contributed by atoms with Crippen LogP contribution in [0.2, 0.25) is 0 Å². The summed E-state index contributed by atoms with van der Waals surface area (Å²) in [5.74, 6) is 0.268. The molecule has 0 N–H and O–H groups in total. The minimum atomic E-state index is 0.0481. The molecule has 0 bridgehead atoms. The van der Waals surface area contributed by atoms with Crippen LogP contribution in [0.15, 0.2) is 48.8 Å². The van der Waals surface area contributed by atoms with E-state index in [-0.39, 0.29) is 11.8 Å². The van der Waals surface area contributed by atoms with Crippen molar-refractivity contribution < 1.29 is 9.59 Å². The summed E-state index contributed by atoms with van der Waals surface area (Å²) in [7, 11) is 0. The smallest absolute Gasteiger partial charge is 0.253 e. The number of rotatable bonds is 5. The van der Waals surface area contributed by atoms with Gasteiger partial charge in [0.1, 0.15) is 0 Å². The summed E-state index contributed by atoms with van der Waals surface area (Å²) >= 11 is 0. The van der Waals surface area contributed by atoms with E-state index < -0.39 is 0 Å². The summed E-state index contributed by atoms with van der Waals surface area (Å²) < 4.78 is 2.01. The third kappa shape index (κ3) is 4.34. The number of amides is 2. The van der Waals surface area contributed by atoms with Crippen LogP contribution in [0.4, 0.5) is 0 Å². The van der Waals surface area contributed by atoms with Crippen LogP contribution in [-0.2, 0) is 4.79 Å². The number of benzene rings is 1. The zero-order chi connectivity index (χ0) is 18.4. The molecule has 26 heavy (non-hydrogen) atoms. The van der Waals surface area contributed by atoms with Crippen LogP contribution >= 0.6 is 0 Å². The van der Waals surface area contributed by atoms with Gasteiger partial charge in [-0.05, 0) is 49.2 Å². The van der Waals surface area contributed by atoms with Gasteiger partial charge in [-0.15, -0.1) is 0 Å². The maximum atomic E-state index is 12.8. The number of carbonyl (C=O) groups is 2. The normalized spacial score (nSPS) is 15.0. The molecule has 0 aliphatic carbocycles. The number of unbranched alkanes of at least 4 members (excludes halogenated alkanes) is 1. The van der Waals surface area contributed by atoms with Crippen molar-refractivity contribution in [2.75, 3.05) is 26.2 Å². The largest absolute Gasteiger partial charge is 0.341 e. The van der Waals surface area contributed by atoms with E-state index in [2.05, 4.69) is 6.92 Å². The number of carbonyl (C=O) groups excluding carboxylic acids is 2. The average molecular weight is 353 g/mol. The number of aromatic nitrogens is 1. The molecule has 0 unspecified atom stereocenters. The Morgan fingerprint density at radius 3 is 2.27 bits per heavy atom. The molecule has 2 aromatic rings. The highest BCUT2D eigenvalue weighted by molar-refractivity contribution is 5.94. The van der Waals surface area contributed by atoms with Crippen molar-refractivity contribution in [2.24, 2.45) is 0 Å². The van der Waals surface area contributed by atoms with Crippen LogP contribution in [-0.4, -0.2) is 52.4 Å². The molecule has 2 amide bonds. The summed E-state index contributed by atoms with van der Waals surface area (Å²) in [6.45, 7) is 4.79. The Kier molecular flexibility index (Phi) is 6.10. The summed E-state index contributed by atoms with van der Waals surface area (Å²) in [5, 5.41) is 0. The fourth-order valence-electron chi connectivity index (χ4n) is 3.32. The first-order valence-electron chi connectivity index (χ1n) is 9.49. The Balaban J connectivity index is 1.60. The van der Waals surface area contributed by atoms with E-state index in [0.717, 1.165) is 31.5 Å². The molecule has 1 aromatic carbocycles. The van der Waals surface area contributed by atoms with Gasteiger partial charge < -0.3 is 14.4 Å². The van der Waals surface area contributed by atoms with Gasteiger partial charge in [-0.1, -0.05) is 13.3 Å². The molecule has 2 heterocycles. The van der Waals surface area contributed by atoms with Crippen molar-refractivity contribution in [1.82, 2.24) is 14.4 Å². The van der Waals surface area contributed by atoms with Crippen LogP contribution in [0.1, 0.15) is 43.0 Å². The van der Waals surface area contributed by atoms with Gasteiger partial charge in [-0.3, -0.25) is 9.59 Å². The van der Waals surface area contributed by atoms with Gasteiger partial charge in [0.05, 0.1) is 0 Å². The Bertz CT molecular complexity index is 722. The fourth-order valence-corrected chi connectivity index (χ4v) is 3.32. The molecule has 1 aliphatic rings. The monoisotopic (exact) mass is 353 g/mol. The molecule has 138 valence electrons. The maximum absolute atomic E-state index is 12.8. The van der Waals surface area contributed by atoms with Crippen molar-refractivity contribution in [2.45, 2.75) is 32.6 Å². The molecule has 1 fully saturated rings. The number of nitrogens with zero attached hydrogens (tertiary/aromatic N) is 3. The zero-order valence-electron chi connectivity index (χ0n) is 15.4. The predicted octanol–water partition coefficient (Wildman–Crippen LogP) is 3.34. The van der Waals surface area contributed by atoms with Gasteiger partial charge in [-0.2, -0.15) is 0 Å². The molecule has 1 saturated heterocycles. The van der Waals surface area contributed by atoms with E-state index in [1.165, 1.54) is 0 Å². The predicted molar refractivity (Wildman–Crippen MR) is 102 cm³/mol. The van der Waals surface area contributed by atoms with E-state index in [1.807, 2.05) is 63.2 Å².